The topological polar surface area (TPSA) is 35.6 Å². The lowest BCUT2D eigenvalue weighted by molar-refractivity contribution is -0.119. The third-order valence-corrected chi connectivity index (χ3v) is 5.65. The molecular weight excluding hydrogens is 330 g/mol. The Labute approximate surface area is 156 Å². The molecule has 1 aromatic rings. The monoisotopic (exact) mass is 359 g/mol. The van der Waals surface area contributed by atoms with E-state index >= 15 is 0 Å². The average molecular weight is 360 g/mol. The van der Waals surface area contributed by atoms with Crippen LogP contribution in [0.4, 0.5) is 5.69 Å². The number of anilines is 1. The van der Waals surface area contributed by atoms with E-state index in [-0.39, 0.29) is 17.5 Å². The predicted molar refractivity (Wildman–Crippen MR) is 107 cm³/mol. The molecule has 5 heteroatoms. The van der Waals surface area contributed by atoms with Crippen molar-refractivity contribution in [2.24, 2.45) is 0 Å². The van der Waals surface area contributed by atoms with E-state index in [1.807, 2.05) is 17.0 Å². The highest BCUT2D eigenvalue weighted by molar-refractivity contribution is 7.80. The van der Waals surface area contributed by atoms with Crippen molar-refractivity contribution >= 4 is 28.9 Å². The van der Waals surface area contributed by atoms with Crippen LogP contribution < -0.4 is 10.2 Å². The van der Waals surface area contributed by atoms with Gasteiger partial charge >= 0.3 is 0 Å². The summed E-state index contributed by atoms with van der Waals surface area (Å²) in [5.41, 5.74) is 2.42. The molecular formula is C20H29N3OS. The number of carbonyl (C=O) groups excluding carboxylic acids is 1. The summed E-state index contributed by atoms with van der Waals surface area (Å²) in [5.74, 6) is 0.223. The molecule has 136 valence electrons. The van der Waals surface area contributed by atoms with Crippen molar-refractivity contribution in [3.05, 3.63) is 29.8 Å². The molecule has 2 atom stereocenters. The van der Waals surface area contributed by atoms with Crippen LogP contribution in [0.2, 0.25) is 0 Å². The van der Waals surface area contributed by atoms with Crippen LogP contribution in [0, 0.1) is 0 Å². The molecule has 1 aromatic carbocycles. The quantitative estimate of drug-likeness (QED) is 0.835. The average Bonchev–Trinajstić information content (AvgIpc) is 2.84. The number of thiocarbonyl (C=S) groups is 1. The van der Waals surface area contributed by atoms with E-state index < -0.39 is 0 Å². The summed E-state index contributed by atoms with van der Waals surface area (Å²) in [4.78, 5) is 17.0. The maximum absolute atomic E-state index is 12.8. The lowest BCUT2D eigenvalue weighted by atomic mass is 9.93. The molecule has 2 heterocycles. The van der Waals surface area contributed by atoms with E-state index in [9.17, 15) is 4.79 Å². The molecule has 1 saturated heterocycles. The zero-order chi connectivity index (χ0) is 18.2. The minimum atomic E-state index is 0.0531. The Morgan fingerprint density at radius 3 is 2.72 bits per heavy atom. The summed E-state index contributed by atoms with van der Waals surface area (Å²) >= 11 is 5.53. The largest absolute Gasteiger partial charge is 0.358 e. The van der Waals surface area contributed by atoms with E-state index in [4.69, 9.17) is 12.2 Å². The third-order valence-electron chi connectivity index (χ3n) is 5.31. The van der Waals surface area contributed by atoms with Crippen molar-refractivity contribution in [3.63, 3.8) is 0 Å². The summed E-state index contributed by atoms with van der Waals surface area (Å²) in [6.07, 6.45) is 3.40. The van der Waals surface area contributed by atoms with E-state index in [1.165, 1.54) is 5.56 Å². The maximum Gasteiger partial charge on any atom is 0.227 e. The summed E-state index contributed by atoms with van der Waals surface area (Å²) < 4.78 is 0. The Balaban J connectivity index is 1.56. The van der Waals surface area contributed by atoms with Gasteiger partial charge in [-0.1, -0.05) is 18.2 Å². The highest BCUT2D eigenvalue weighted by Gasteiger charge is 2.33. The number of hydrogen-bond acceptors (Lipinski definition) is 2. The summed E-state index contributed by atoms with van der Waals surface area (Å²) in [7, 11) is 0. The first-order valence-corrected chi connectivity index (χ1v) is 9.68. The fourth-order valence-electron chi connectivity index (χ4n) is 4.25. The summed E-state index contributed by atoms with van der Waals surface area (Å²) in [6.45, 7) is 9.55. The molecule has 4 nitrogen and oxygen atoms in total. The molecule has 1 fully saturated rings. The highest BCUT2D eigenvalue weighted by Crippen LogP contribution is 2.32. The lowest BCUT2D eigenvalue weighted by Crippen LogP contribution is -2.60. The number of amides is 1. The second kappa shape index (κ2) is 6.94. The van der Waals surface area contributed by atoms with Crippen molar-refractivity contribution in [3.8, 4) is 0 Å². The number of hydrogen-bond donors (Lipinski definition) is 1. The van der Waals surface area contributed by atoms with Gasteiger partial charge in [0.05, 0.1) is 0 Å². The Morgan fingerprint density at radius 1 is 1.28 bits per heavy atom. The molecule has 25 heavy (non-hydrogen) atoms. The molecule has 0 aromatic heterocycles. The van der Waals surface area contributed by atoms with Gasteiger partial charge in [-0.3, -0.25) is 4.79 Å². The first kappa shape index (κ1) is 18.2. The first-order valence-electron chi connectivity index (χ1n) is 9.27. The van der Waals surface area contributed by atoms with Crippen molar-refractivity contribution in [1.82, 2.24) is 10.2 Å². The van der Waals surface area contributed by atoms with Gasteiger partial charge in [-0.2, -0.15) is 0 Å². The number of nitrogens with one attached hydrogen (secondary N) is 1. The van der Waals surface area contributed by atoms with Gasteiger partial charge in [-0.05, 0) is 70.8 Å². The van der Waals surface area contributed by atoms with Gasteiger partial charge < -0.3 is 15.1 Å². The van der Waals surface area contributed by atoms with E-state index in [0.29, 0.717) is 12.5 Å². The Bertz CT molecular complexity index is 673. The molecule has 0 unspecified atom stereocenters. The molecule has 3 rings (SSSR count). The second-order valence-electron chi connectivity index (χ2n) is 8.11. The van der Waals surface area contributed by atoms with E-state index in [2.05, 4.69) is 50.0 Å². The molecule has 0 bridgehead atoms. The zero-order valence-electron chi connectivity index (χ0n) is 15.7. The van der Waals surface area contributed by atoms with Crippen molar-refractivity contribution in [2.75, 3.05) is 11.4 Å². The van der Waals surface area contributed by atoms with Crippen molar-refractivity contribution < 1.29 is 4.79 Å². The van der Waals surface area contributed by atoms with Crippen molar-refractivity contribution in [2.45, 2.75) is 71.0 Å². The molecule has 0 saturated carbocycles. The molecule has 0 radical (unpaired) electrons. The molecule has 1 N–H and O–H groups in total. The number of fused-ring (bicyclic) bond motifs is 1. The van der Waals surface area contributed by atoms with E-state index in [1.54, 1.807) is 0 Å². The number of carbonyl (C=O) groups is 1. The SMILES string of the molecule is C[C@H]1CC(C)(C)NC(=S)N1CCCC(=O)N1c2ccccc2C[C@@H]1C. The molecule has 0 spiro atoms. The second-order valence-corrected chi connectivity index (χ2v) is 8.50. The maximum atomic E-state index is 12.8. The standard InChI is InChI=1S/C20H29N3OS/c1-14-12-16-8-5-6-9-17(16)23(14)18(24)10-7-11-22-15(2)13-20(3,4)21-19(22)25/h5-6,8-9,14-15H,7,10-13H2,1-4H3,(H,21,25)/t14-,15-/m0/s1. The fourth-order valence-corrected chi connectivity index (χ4v) is 4.80. The van der Waals surface area contributed by atoms with Crippen molar-refractivity contribution in [1.29, 1.82) is 0 Å². The minimum absolute atomic E-state index is 0.0531. The van der Waals surface area contributed by atoms with Crippen LogP contribution in [-0.2, 0) is 11.2 Å². The number of benzene rings is 1. The molecule has 1 amide bonds. The summed E-state index contributed by atoms with van der Waals surface area (Å²) in [6, 6.07) is 8.91. The van der Waals surface area contributed by atoms with Gasteiger partial charge in [0.2, 0.25) is 5.91 Å². The van der Waals surface area contributed by atoms with Crippen LogP contribution in [0.3, 0.4) is 0 Å². The van der Waals surface area contributed by atoms with Gasteiger partial charge in [0, 0.05) is 36.3 Å². The normalized spacial score (nSPS) is 24.9. The minimum Gasteiger partial charge on any atom is -0.358 e. The van der Waals surface area contributed by atoms with Crippen LogP contribution >= 0.6 is 12.2 Å². The van der Waals surface area contributed by atoms with E-state index in [0.717, 1.165) is 36.6 Å². The smallest absolute Gasteiger partial charge is 0.227 e. The molecule has 2 aliphatic rings. The van der Waals surface area contributed by atoms with Crippen LogP contribution in [0.25, 0.3) is 0 Å². The third kappa shape index (κ3) is 3.81. The number of rotatable bonds is 4. The van der Waals surface area contributed by atoms with Crippen LogP contribution in [0.1, 0.15) is 52.5 Å². The van der Waals surface area contributed by atoms with Crippen LogP contribution in [-0.4, -0.2) is 40.1 Å². The van der Waals surface area contributed by atoms with Gasteiger partial charge in [-0.25, -0.2) is 0 Å². The van der Waals surface area contributed by atoms with Gasteiger partial charge in [0.1, 0.15) is 0 Å². The zero-order valence-corrected chi connectivity index (χ0v) is 16.5. The van der Waals surface area contributed by atoms with Gasteiger partial charge in [0.25, 0.3) is 0 Å². The molecule has 2 aliphatic heterocycles. The Hall–Kier alpha value is -1.62. The van der Waals surface area contributed by atoms with Gasteiger partial charge in [0.15, 0.2) is 5.11 Å². The van der Waals surface area contributed by atoms with Crippen LogP contribution in [0.5, 0.6) is 0 Å². The molecule has 0 aliphatic carbocycles. The number of para-hydroxylation sites is 1. The first-order chi connectivity index (χ1) is 11.8. The Morgan fingerprint density at radius 2 is 2.00 bits per heavy atom. The summed E-state index contributed by atoms with van der Waals surface area (Å²) in [5, 5.41) is 4.23. The number of nitrogens with zero attached hydrogens (tertiary/aromatic N) is 2. The lowest BCUT2D eigenvalue weighted by Gasteiger charge is -2.44. The highest BCUT2D eigenvalue weighted by atomic mass is 32.1. The van der Waals surface area contributed by atoms with Gasteiger partial charge in [-0.15, -0.1) is 0 Å². The fraction of sp³-hybridized carbons (Fsp3) is 0.600. The van der Waals surface area contributed by atoms with Crippen LogP contribution in [0.15, 0.2) is 24.3 Å². The Kier molecular flexibility index (Phi) is 5.05. The predicted octanol–water partition coefficient (Wildman–Crippen LogP) is 3.49.